The van der Waals surface area contributed by atoms with E-state index in [9.17, 15) is 36.5 Å². The molecule has 1 aromatic heterocycles. The molecule has 0 saturated carbocycles. The van der Waals surface area contributed by atoms with Crippen molar-refractivity contribution in [2.75, 3.05) is 0 Å². The Morgan fingerprint density at radius 2 is 1.79 bits per heavy atom. The summed E-state index contributed by atoms with van der Waals surface area (Å²) in [7, 11) is 0. The van der Waals surface area contributed by atoms with Crippen LogP contribution in [0.15, 0.2) is 6.07 Å². The van der Waals surface area contributed by atoms with Crippen molar-refractivity contribution < 1.29 is 36.0 Å². The van der Waals surface area contributed by atoms with E-state index in [1.165, 1.54) is 0 Å². The topological polar surface area (TPSA) is 65.3 Å². The van der Waals surface area contributed by atoms with Crippen LogP contribution in [0.1, 0.15) is 5.56 Å². The Kier molecular flexibility index (Phi) is 4.11. The fourth-order valence-corrected chi connectivity index (χ4v) is 1.66. The molecule has 0 bridgehead atoms. The van der Waals surface area contributed by atoms with E-state index in [0.29, 0.717) is 0 Å². The molecule has 19 heavy (non-hydrogen) atoms. The maximum atomic E-state index is 12.4. The van der Waals surface area contributed by atoms with Gasteiger partial charge in [0.1, 0.15) is 3.70 Å². The lowest BCUT2D eigenvalue weighted by molar-refractivity contribution is -0.389. The molecule has 1 aromatic rings. The van der Waals surface area contributed by atoms with Crippen molar-refractivity contribution in [3.8, 4) is 5.88 Å². The normalized spacial score (nSPS) is 12.4. The van der Waals surface area contributed by atoms with Crippen molar-refractivity contribution in [2.45, 2.75) is 12.5 Å². The van der Waals surface area contributed by atoms with Gasteiger partial charge in [-0.3, -0.25) is 10.1 Å². The van der Waals surface area contributed by atoms with Crippen LogP contribution in [0.25, 0.3) is 0 Å². The maximum absolute atomic E-state index is 12.4. The zero-order valence-electron chi connectivity index (χ0n) is 8.34. The minimum absolute atomic E-state index is 0.0597. The Labute approximate surface area is 113 Å². The Morgan fingerprint density at radius 1 is 1.26 bits per heavy atom. The number of hydrogen-bond donors (Lipinski definition) is 0. The molecule has 0 saturated heterocycles. The number of nitrogens with zero attached hydrogens (tertiary/aromatic N) is 2. The van der Waals surface area contributed by atoms with Gasteiger partial charge < -0.3 is 4.74 Å². The second kappa shape index (κ2) is 4.97. The van der Waals surface area contributed by atoms with E-state index in [-0.39, 0.29) is 6.07 Å². The zero-order valence-corrected chi connectivity index (χ0v) is 10.5. The molecule has 0 aliphatic rings. The van der Waals surface area contributed by atoms with Gasteiger partial charge in [0, 0.05) is 6.07 Å². The van der Waals surface area contributed by atoms with E-state index in [4.69, 9.17) is 0 Å². The molecule has 5 nitrogen and oxygen atoms in total. The lowest BCUT2D eigenvalue weighted by Crippen LogP contribution is -2.20. The lowest BCUT2D eigenvalue weighted by Gasteiger charge is -2.12. The minimum atomic E-state index is -5.30. The van der Waals surface area contributed by atoms with Crippen LogP contribution in [0.2, 0.25) is 0 Å². The molecule has 0 aliphatic heterocycles. The summed E-state index contributed by atoms with van der Waals surface area (Å²) in [5, 5.41) is 10.4. The van der Waals surface area contributed by atoms with Crippen LogP contribution in [-0.4, -0.2) is 16.3 Å². The molecule has 106 valence electrons. The van der Waals surface area contributed by atoms with Gasteiger partial charge in [-0.1, -0.05) is 0 Å². The third kappa shape index (κ3) is 4.07. The molecule has 0 amide bonds. The van der Waals surface area contributed by atoms with Gasteiger partial charge in [0.15, 0.2) is 0 Å². The number of aromatic nitrogens is 1. The molecule has 0 N–H and O–H groups in total. The summed E-state index contributed by atoms with van der Waals surface area (Å²) in [6.45, 7) is 0. The van der Waals surface area contributed by atoms with Crippen LogP contribution in [0.5, 0.6) is 5.88 Å². The first-order chi connectivity index (χ1) is 8.42. The van der Waals surface area contributed by atoms with Crippen molar-refractivity contribution in [1.29, 1.82) is 0 Å². The number of rotatable bonds is 2. The SMILES string of the molecule is O=[N+]([O-])c1cc(C(F)(F)F)c(I)nc1OC(F)(F)F. The highest BCUT2D eigenvalue weighted by Gasteiger charge is 2.40. The molecule has 0 aliphatic carbocycles. The molecule has 1 rings (SSSR count). The highest BCUT2D eigenvalue weighted by molar-refractivity contribution is 14.1. The van der Waals surface area contributed by atoms with Gasteiger partial charge in [-0.05, 0) is 22.6 Å². The highest BCUT2D eigenvalue weighted by Crippen LogP contribution is 2.38. The fraction of sp³-hybridized carbons (Fsp3) is 0.286. The van der Waals surface area contributed by atoms with Gasteiger partial charge in [-0.2, -0.15) is 13.2 Å². The van der Waals surface area contributed by atoms with Gasteiger partial charge in [0.25, 0.3) is 0 Å². The fourth-order valence-electron chi connectivity index (χ4n) is 0.979. The van der Waals surface area contributed by atoms with Crippen LogP contribution in [0.3, 0.4) is 0 Å². The third-order valence-corrected chi connectivity index (χ3v) is 2.46. The van der Waals surface area contributed by atoms with E-state index >= 15 is 0 Å². The number of nitro groups is 1. The van der Waals surface area contributed by atoms with Crippen LogP contribution in [-0.2, 0) is 6.18 Å². The minimum Gasteiger partial charge on any atom is -0.381 e. The Balaban J connectivity index is 3.42. The van der Waals surface area contributed by atoms with Crippen molar-refractivity contribution in [3.05, 3.63) is 25.4 Å². The summed E-state index contributed by atoms with van der Waals surface area (Å²) in [5.74, 6) is -1.55. The number of alkyl halides is 6. The van der Waals surface area contributed by atoms with Crippen LogP contribution < -0.4 is 4.74 Å². The molecule has 0 aromatic carbocycles. The summed E-state index contributed by atoms with van der Waals surface area (Å²) in [5.41, 5.74) is -3.04. The number of halogens is 7. The lowest BCUT2D eigenvalue weighted by atomic mass is 10.2. The number of ether oxygens (including phenoxy) is 1. The first kappa shape index (κ1) is 15.7. The van der Waals surface area contributed by atoms with Crippen LogP contribution >= 0.6 is 22.6 Å². The summed E-state index contributed by atoms with van der Waals surface area (Å²) < 4.78 is 75.4. The summed E-state index contributed by atoms with van der Waals surface area (Å²) in [6, 6.07) is -0.0597. The summed E-state index contributed by atoms with van der Waals surface area (Å²) in [6.07, 6.45) is -10.3. The number of hydrogen-bond acceptors (Lipinski definition) is 4. The van der Waals surface area contributed by atoms with Crippen LogP contribution in [0.4, 0.5) is 32.0 Å². The molecule has 0 radical (unpaired) electrons. The van der Waals surface area contributed by atoms with E-state index in [2.05, 4.69) is 9.72 Å². The summed E-state index contributed by atoms with van der Waals surface area (Å²) in [4.78, 5) is 11.8. The first-order valence-corrected chi connectivity index (χ1v) is 5.17. The average molecular weight is 402 g/mol. The maximum Gasteiger partial charge on any atom is 0.574 e. The van der Waals surface area contributed by atoms with E-state index in [0.717, 1.165) is 22.6 Å². The summed E-state index contributed by atoms with van der Waals surface area (Å²) >= 11 is 1.00. The van der Waals surface area contributed by atoms with Crippen LogP contribution in [0, 0.1) is 13.8 Å². The molecule has 1 heterocycles. The standard InChI is InChI=1S/C7HF6IN2O3/c8-6(9,10)2-1-3(16(17)18)5(15-4(2)14)19-7(11,12)13/h1H. The monoisotopic (exact) mass is 402 g/mol. The predicted octanol–water partition coefficient (Wildman–Crippen LogP) is 3.51. The number of pyridine rings is 1. The smallest absolute Gasteiger partial charge is 0.381 e. The Morgan fingerprint density at radius 3 is 2.16 bits per heavy atom. The van der Waals surface area contributed by atoms with E-state index in [1.54, 1.807) is 0 Å². The Hall–Kier alpha value is -1.34. The molecule has 12 heteroatoms. The molecule has 0 unspecified atom stereocenters. The van der Waals surface area contributed by atoms with Crippen molar-refractivity contribution in [3.63, 3.8) is 0 Å². The van der Waals surface area contributed by atoms with E-state index < -0.39 is 38.3 Å². The largest absolute Gasteiger partial charge is 0.574 e. The molecule has 0 spiro atoms. The first-order valence-electron chi connectivity index (χ1n) is 4.09. The van der Waals surface area contributed by atoms with Gasteiger partial charge in [-0.15, -0.1) is 13.2 Å². The zero-order chi connectivity index (χ0) is 15.0. The molecular formula is C7HF6IN2O3. The quantitative estimate of drug-likeness (QED) is 0.250. The highest BCUT2D eigenvalue weighted by atomic mass is 127. The van der Waals surface area contributed by atoms with Gasteiger partial charge in [0.2, 0.25) is 0 Å². The second-order valence-electron chi connectivity index (χ2n) is 2.95. The Bertz CT molecular complexity index is 515. The second-order valence-corrected chi connectivity index (χ2v) is 3.98. The van der Waals surface area contributed by atoms with Gasteiger partial charge in [0.05, 0.1) is 10.5 Å². The van der Waals surface area contributed by atoms with Crippen molar-refractivity contribution in [2.24, 2.45) is 0 Å². The average Bonchev–Trinajstić information content (AvgIpc) is 2.11. The van der Waals surface area contributed by atoms with Gasteiger partial charge >= 0.3 is 24.1 Å². The molecular weight excluding hydrogens is 401 g/mol. The molecule has 0 atom stereocenters. The van der Waals surface area contributed by atoms with Gasteiger partial charge in [-0.25, -0.2) is 4.98 Å². The van der Waals surface area contributed by atoms with Crippen molar-refractivity contribution in [1.82, 2.24) is 4.98 Å². The van der Waals surface area contributed by atoms with Crippen molar-refractivity contribution >= 4 is 28.3 Å². The predicted molar refractivity (Wildman–Crippen MR) is 55.3 cm³/mol. The third-order valence-electron chi connectivity index (χ3n) is 1.64. The van der Waals surface area contributed by atoms with E-state index in [1.807, 2.05) is 0 Å². The molecule has 0 fully saturated rings.